The number of aromatic nitrogens is 6. The number of H-pyrrole nitrogens is 3. The largest absolute Gasteiger partial charge is 0.283 e. The van der Waals surface area contributed by atoms with Crippen LogP contribution in [-0.2, 0) is 55.0 Å². The fourth-order valence-electron chi connectivity index (χ4n) is 4.36. The van der Waals surface area contributed by atoms with Crippen molar-refractivity contribution in [1.29, 1.82) is 0 Å². The van der Waals surface area contributed by atoms with E-state index in [1.807, 2.05) is 0 Å². The molecule has 0 saturated carbocycles. The van der Waals surface area contributed by atoms with Crippen molar-refractivity contribution in [3.63, 3.8) is 0 Å². The van der Waals surface area contributed by atoms with Crippen LogP contribution in [0.25, 0.3) is 0 Å². The first-order chi connectivity index (χ1) is 13.6. The Morgan fingerprint density at radius 3 is 1.00 bits per heavy atom. The third kappa shape index (κ3) is 4.72. The second-order valence-corrected chi connectivity index (χ2v) is 7.24. The monoisotopic (exact) mass is 566 g/mol. The van der Waals surface area contributed by atoms with Gasteiger partial charge in [-0.2, -0.15) is 15.3 Å². The third-order valence-electron chi connectivity index (χ3n) is 5.82. The molecular weight excluding hydrogens is 533 g/mol. The van der Waals surface area contributed by atoms with Gasteiger partial charge < -0.3 is 0 Å². The molecule has 168 valence electrons. The van der Waals surface area contributed by atoms with Gasteiger partial charge in [-0.15, -0.1) is 24.0 Å². The first-order valence-corrected chi connectivity index (χ1v) is 10.8. The number of nitrogens with zero attached hydrogens (tertiary/aromatic N) is 3. The Morgan fingerprint density at radius 2 is 0.800 bits per heavy atom. The van der Waals surface area contributed by atoms with E-state index in [1.165, 1.54) is 33.5 Å². The molecule has 0 atom stereocenters. The molecule has 0 aromatic carbocycles. The average Bonchev–Trinajstić information content (AvgIpc) is 3.44. The molecule has 0 spiro atoms. The van der Waals surface area contributed by atoms with Crippen LogP contribution in [0.3, 0.4) is 0 Å². The molecule has 30 heavy (non-hydrogen) atoms. The maximum atomic E-state index is 4.68. The van der Waals surface area contributed by atoms with E-state index >= 15 is 0 Å². The molecule has 3 aromatic heterocycles. The molecule has 0 amide bonds. The molecule has 6 nitrogen and oxygen atoms in total. The van der Waals surface area contributed by atoms with Crippen LogP contribution in [0.2, 0.25) is 0 Å². The maximum absolute atomic E-state index is 4.68. The Hall–Kier alpha value is -1.08. The summed E-state index contributed by atoms with van der Waals surface area (Å²) in [5.41, 5.74) is 11.1. The number of hydrogen-bond donors (Lipinski definition) is 3. The topological polar surface area (TPSA) is 86.0 Å². The Morgan fingerprint density at radius 1 is 0.533 bits per heavy atom. The second kappa shape index (κ2) is 12.1. The summed E-state index contributed by atoms with van der Waals surface area (Å²) in [6.07, 6.45) is 5.51. The molecule has 3 aromatic rings. The van der Waals surface area contributed by atoms with Crippen LogP contribution in [0.1, 0.15) is 75.7 Å². The number of nitrogens with one attached hydrogen (secondary N) is 3. The number of rotatable bonds is 9. The van der Waals surface area contributed by atoms with E-state index in [2.05, 4.69) is 72.1 Å². The van der Waals surface area contributed by atoms with Gasteiger partial charge >= 0.3 is 0 Å². The van der Waals surface area contributed by atoms with Crippen LogP contribution >= 0.6 is 24.0 Å². The van der Waals surface area contributed by atoms with E-state index in [1.54, 1.807) is 0 Å². The molecule has 0 unspecified atom stereocenters. The van der Waals surface area contributed by atoms with Gasteiger partial charge in [0.2, 0.25) is 0 Å². The third-order valence-corrected chi connectivity index (χ3v) is 5.82. The van der Waals surface area contributed by atoms with Crippen LogP contribution < -0.4 is 16.4 Å². The molecule has 0 aliphatic carbocycles. The minimum absolute atomic E-state index is 0. The van der Waals surface area contributed by atoms with Crippen molar-refractivity contribution in [3.05, 3.63) is 34.2 Å². The van der Waals surface area contributed by atoms with Crippen LogP contribution in [-0.4, -0.2) is 37.3 Å². The number of hydrogen-bond acceptors (Lipinski definition) is 3. The standard InChI is InChI=1S/C21H33BN6.HI.Ni/c1-7-13-19(14(8-2)24-23-13)22(20-15(9-3)25-26-16(20)10-4)21-17(11-5)27-28-18(21)12-6;;/h7-12H2,1-6H3,(H,23,24)(H,25,26)(H,27,28);1H;. The summed E-state index contributed by atoms with van der Waals surface area (Å²) in [4.78, 5) is 0. The van der Waals surface area contributed by atoms with Gasteiger partial charge in [-0.1, -0.05) is 41.5 Å². The van der Waals surface area contributed by atoms with Crippen LogP contribution in [0, 0.1) is 0 Å². The van der Waals surface area contributed by atoms with Crippen molar-refractivity contribution >= 4 is 47.1 Å². The first kappa shape index (κ1) is 27.0. The molecule has 0 radical (unpaired) electrons. The molecule has 3 rings (SSSR count). The van der Waals surface area contributed by atoms with E-state index < -0.39 is 0 Å². The normalized spacial score (nSPS) is 10.6. The van der Waals surface area contributed by atoms with Gasteiger partial charge in [0, 0.05) is 33.6 Å². The summed E-state index contributed by atoms with van der Waals surface area (Å²) in [5.74, 6) is 0. The smallest absolute Gasteiger partial charge is 0.255 e. The minimum atomic E-state index is 0. The number of aromatic amines is 3. The molecular formula is C21H34BIN6Ni. The maximum Gasteiger partial charge on any atom is 0.255 e. The van der Waals surface area contributed by atoms with Crippen molar-refractivity contribution in [1.82, 2.24) is 30.6 Å². The van der Waals surface area contributed by atoms with Gasteiger partial charge in [0.1, 0.15) is 0 Å². The van der Waals surface area contributed by atoms with Crippen molar-refractivity contribution in [2.75, 3.05) is 0 Å². The second-order valence-electron chi connectivity index (χ2n) is 7.24. The zero-order valence-corrected chi connectivity index (χ0v) is 22.2. The summed E-state index contributed by atoms with van der Waals surface area (Å²) < 4.78 is 0. The Bertz CT molecular complexity index is 748. The summed E-state index contributed by atoms with van der Waals surface area (Å²) in [7, 11) is 0. The van der Waals surface area contributed by atoms with Crippen molar-refractivity contribution in [2.24, 2.45) is 0 Å². The van der Waals surface area contributed by atoms with E-state index in [4.69, 9.17) is 0 Å². The summed E-state index contributed by atoms with van der Waals surface area (Å²) in [6.45, 7) is 13.2. The first-order valence-electron chi connectivity index (χ1n) is 10.8. The van der Waals surface area contributed by atoms with E-state index in [-0.39, 0.29) is 47.2 Å². The molecule has 3 N–H and O–H groups in total. The van der Waals surface area contributed by atoms with E-state index in [9.17, 15) is 0 Å². The average molecular weight is 567 g/mol. The SMILES string of the molecule is CCc1n[nH]c(CC)c1B(c1c(CC)n[nH]c1CC)c1c(CC)n[nH]c1CC.I.[Ni]. The quantitative estimate of drug-likeness (QED) is 0.275. The fourth-order valence-corrected chi connectivity index (χ4v) is 4.36. The Labute approximate surface area is 207 Å². The van der Waals surface area contributed by atoms with Crippen molar-refractivity contribution in [3.8, 4) is 0 Å². The predicted molar refractivity (Wildman–Crippen MR) is 132 cm³/mol. The minimum Gasteiger partial charge on any atom is -0.283 e. The summed E-state index contributed by atoms with van der Waals surface area (Å²) in [6, 6.07) is 0. The van der Waals surface area contributed by atoms with Crippen molar-refractivity contribution < 1.29 is 16.5 Å². The van der Waals surface area contributed by atoms with Crippen LogP contribution in [0.15, 0.2) is 0 Å². The molecule has 9 heteroatoms. The molecule has 3 heterocycles. The van der Waals surface area contributed by atoms with Crippen molar-refractivity contribution in [2.45, 2.75) is 80.1 Å². The van der Waals surface area contributed by atoms with Gasteiger partial charge in [0.15, 0.2) is 0 Å². The Kier molecular flexibility index (Phi) is 10.9. The molecule has 0 fully saturated rings. The molecule has 0 aliphatic heterocycles. The van der Waals surface area contributed by atoms with E-state index in [0.717, 1.165) is 55.6 Å². The number of aryl methyl sites for hydroxylation is 6. The van der Waals surface area contributed by atoms with Gasteiger partial charge in [-0.3, -0.25) is 15.3 Å². The van der Waals surface area contributed by atoms with Gasteiger partial charge in [-0.25, -0.2) is 0 Å². The zero-order chi connectivity index (χ0) is 20.3. The molecule has 0 aliphatic rings. The van der Waals surface area contributed by atoms with Gasteiger partial charge in [0.25, 0.3) is 6.71 Å². The molecule has 0 saturated heterocycles. The van der Waals surface area contributed by atoms with Crippen LogP contribution in [0.4, 0.5) is 0 Å². The van der Waals surface area contributed by atoms with Gasteiger partial charge in [-0.05, 0) is 54.9 Å². The van der Waals surface area contributed by atoms with Crippen LogP contribution in [0.5, 0.6) is 0 Å². The Balaban J connectivity index is 0.00000225. The summed E-state index contributed by atoms with van der Waals surface area (Å²) >= 11 is 0. The van der Waals surface area contributed by atoms with E-state index in [0.29, 0.717) is 0 Å². The molecule has 0 bridgehead atoms. The zero-order valence-electron chi connectivity index (χ0n) is 18.9. The predicted octanol–water partition coefficient (Wildman–Crippen LogP) is 2.36. The van der Waals surface area contributed by atoms with Gasteiger partial charge in [0.05, 0.1) is 17.1 Å². The number of halogens is 1. The fraction of sp³-hybridized carbons (Fsp3) is 0.571. The summed E-state index contributed by atoms with van der Waals surface area (Å²) in [5, 5.41) is 24.0.